The predicted molar refractivity (Wildman–Crippen MR) is 136 cm³/mol. The van der Waals surface area contributed by atoms with E-state index in [-0.39, 0.29) is 21.1 Å². The molecule has 0 bridgehead atoms. The fourth-order valence-corrected chi connectivity index (χ4v) is 5.29. The maximum atomic E-state index is 5.12. The SMILES string of the molecule is [Pt+2].[c-]1ccccc1-n1ccc(C2(c3ccn(-c4[c-]cccc4)n3)c3ccccc3-c3ccccc32)n1. The molecule has 36 heavy (non-hydrogen) atoms. The van der Waals surface area contributed by atoms with Gasteiger partial charge in [-0.15, -0.1) is 12.1 Å². The van der Waals surface area contributed by atoms with Crippen LogP contribution in [0.3, 0.4) is 0 Å². The van der Waals surface area contributed by atoms with Gasteiger partial charge in [-0.1, -0.05) is 48.5 Å². The molecule has 0 unspecified atom stereocenters. The maximum Gasteiger partial charge on any atom is 2.00 e. The van der Waals surface area contributed by atoms with Crippen LogP contribution >= 0.6 is 0 Å². The Labute approximate surface area is 224 Å². The second-order valence-electron chi connectivity index (χ2n) is 8.63. The number of aromatic nitrogens is 4. The molecule has 0 radical (unpaired) electrons. The normalized spacial score (nSPS) is 13.0. The average Bonchev–Trinajstić information content (AvgIpc) is 3.67. The zero-order valence-electron chi connectivity index (χ0n) is 19.2. The van der Waals surface area contributed by atoms with E-state index >= 15 is 0 Å². The molecule has 7 rings (SSSR count). The molecule has 2 heterocycles. The Morgan fingerprint density at radius 1 is 0.528 bits per heavy atom. The first kappa shape index (κ1) is 22.5. The summed E-state index contributed by atoms with van der Waals surface area (Å²) in [6, 6.07) is 43.7. The first-order valence-corrected chi connectivity index (χ1v) is 11.6. The summed E-state index contributed by atoms with van der Waals surface area (Å²) in [6.07, 6.45) is 4.02. The summed E-state index contributed by atoms with van der Waals surface area (Å²) in [5, 5.41) is 10.2. The number of benzene rings is 4. The van der Waals surface area contributed by atoms with Crippen molar-refractivity contribution < 1.29 is 21.1 Å². The van der Waals surface area contributed by atoms with Gasteiger partial charge < -0.3 is 0 Å². The number of rotatable bonds is 4. The molecule has 1 aliphatic rings. The van der Waals surface area contributed by atoms with E-state index in [1.54, 1.807) is 0 Å². The standard InChI is InChI=1S/C31H20N4.Pt/c1-3-11-23(12-4-1)34-21-19-29(32-34)31(30-20-22-35(33-30)24-13-5-2-6-14-24)27-17-9-7-15-25(27)26-16-8-10-18-28(26)31;/h1-11,13,15-22H;/q-2;+2. The topological polar surface area (TPSA) is 35.6 Å². The molecule has 174 valence electrons. The molecule has 0 amide bonds. The van der Waals surface area contributed by atoms with E-state index in [1.165, 1.54) is 22.3 Å². The van der Waals surface area contributed by atoms with Gasteiger partial charge in [0, 0.05) is 12.4 Å². The van der Waals surface area contributed by atoms with Crippen LogP contribution < -0.4 is 0 Å². The molecule has 5 heteroatoms. The van der Waals surface area contributed by atoms with Crippen molar-refractivity contribution >= 4 is 0 Å². The van der Waals surface area contributed by atoms with Crippen molar-refractivity contribution in [1.29, 1.82) is 0 Å². The van der Waals surface area contributed by atoms with E-state index in [0.29, 0.717) is 0 Å². The Balaban J connectivity index is 0.00000240. The second-order valence-corrected chi connectivity index (χ2v) is 8.63. The van der Waals surface area contributed by atoms with E-state index in [9.17, 15) is 0 Å². The van der Waals surface area contributed by atoms with Crippen molar-refractivity contribution in [3.8, 4) is 22.5 Å². The molecule has 4 aromatic carbocycles. The van der Waals surface area contributed by atoms with Crippen LogP contribution in [0.5, 0.6) is 0 Å². The van der Waals surface area contributed by atoms with Crippen LogP contribution in [-0.4, -0.2) is 19.6 Å². The number of hydrogen-bond acceptors (Lipinski definition) is 2. The van der Waals surface area contributed by atoms with Gasteiger partial charge in [0.25, 0.3) is 0 Å². The van der Waals surface area contributed by atoms with E-state index in [2.05, 4.69) is 72.8 Å². The van der Waals surface area contributed by atoms with Crippen LogP contribution in [-0.2, 0) is 26.5 Å². The molecule has 0 spiro atoms. The van der Waals surface area contributed by atoms with Gasteiger partial charge in [0.1, 0.15) is 5.41 Å². The average molecular weight is 644 g/mol. The first-order chi connectivity index (χ1) is 17.4. The zero-order valence-corrected chi connectivity index (χ0v) is 21.4. The second kappa shape index (κ2) is 8.89. The van der Waals surface area contributed by atoms with Gasteiger partial charge in [0.2, 0.25) is 0 Å². The Kier molecular flexibility index (Phi) is 5.54. The van der Waals surface area contributed by atoms with Crippen molar-refractivity contribution in [2.75, 3.05) is 0 Å². The van der Waals surface area contributed by atoms with Gasteiger partial charge >= 0.3 is 21.1 Å². The summed E-state index contributed by atoms with van der Waals surface area (Å²) in [5.41, 5.74) is 7.80. The van der Waals surface area contributed by atoms with Crippen LogP contribution in [0.1, 0.15) is 22.5 Å². The molecule has 0 saturated heterocycles. The molecule has 0 atom stereocenters. The summed E-state index contributed by atoms with van der Waals surface area (Å²) in [6.45, 7) is 0. The number of hydrogen-bond donors (Lipinski definition) is 0. The number of nitrogens with zero attached hydrogens (tertiary/aromatic N) is 4. The summed E-state index contributed by atoms with van der Waals surface area (Å²) in [5.74, 6) is 0. The van der Waals surface area contributed by atoms with Crippen molar-refractivity contribution in [3.05, 3.63) is 156 Å². The van der Waals surface area contributed by atoms with Crippen LogP contribution in [0.25, 0.3) is 22.5 Å². The number of para-hydroxylation sites is 2. The summed E-state index contributed by atoms with van der Waals surface area (Å²) in [4.78, 5) is 0. The minimum atomic E-state index is -0.646. The van der Waals surface area contributed by atoms with Crippen molar-refractivity contribution in [2.24, 2.45) is 0 Å². The van der Waals surface area contributed by atoms with Crippen LogP contribution in [0.4, 0.5) is 0 Å². The van der Waals surface area contributed by atoms with E-state index in [4.69, 9.17) is 10.2 Å². The van der Waals surface area contributed by atoms with Gasteiger partial charge in [0.05, 0.1) is 11.4 Å². The molecule has 4 nitrogen and oxygen atoms in total. The summed E-state index contributed by atoms with van der Waals surface area (Å²) < 4.78 is 3.78. The van der Waals surface area contributed by atoms with Gasteiger partial charge in [-0.2, -0.15) is 58.7 Å². The third kappa shape index (κ3) is 3.25. The third-order valence-electron chi connectivity index (χ3n) is 6.78. The van der Waals surface area contributed by atoms with Crippen molar-refractivity contribution in [2.45, 2.75) is 5.41 Å². The van der Waals surface area contributed by atoms with Gasteiger partial charge in [-0.3, -0.25) is 9.36 Å². The molecule has 0 aliphatic heterocycles. The van der Waals surface area contributed by atoms with E-state index < -0.39 is 5.41 Å². The van der Waals surface area contributed by atoms with Gasteiger partial charge in [-0.05, 0) is 45.8 Å². The van der Waals surface area contributed by atoms with Crippen LogP contribution in [0, 0.1) is 12.1 Å². The Morgan fingerprint density at radius 3 is 1.42 bits per heavy atom. The van der Waals surface area contributed by atoms with Gasteiger partial charge in [-0.25, -0.2) is 0 Å². The maximum absolute atomic E-state index is 5.12. The fraction of sp³-hybridized carbons (Fsp3) is 0.0323. The Morgan fingerprint density at radius 2 is 0.972 bits per heavy atom. The Bertz CT molecular complexity index is 1530. The third-order valence-corrected chi connectivity index (χ3v) is 6.78. The van der Waals surface area contributed by atoms with Crippen molar-refractivity contribution in [3.63, 3.8) is 0 Å². The van der Waals surface area contributed by atoms with Crippen molar-refractivity contribution in [1.82, 2.24) is 19.6 Å². The van der Waals surface area contributed by atoms with Gasteiger partial charge in [0.15, 0.2) is 0 Å². The smallest absolute Gasteiger partial charge is 0.265 e. The fourth-order valence-electron chi connectivity index (χ4n) is 5.29. The quantitative estimate of drug-likeness (QED) is 0.220. The molecule has 0 N–H and O–H groups in total. The molecular weight excluding hydrogens is 623 g/mol. The molecule has 1 aliphatic carbocycles. The molecule has 0 saturated carbocycles. The zero-order chi connectivity index (χ0) is 23.2. The molecule has 2 aromatic heterocycles. The van der Waals surface area contributed by atoms with Crippen LogP contribution in [0.2, 0.25) is 0 Å². The predicted octanol–water partition coefficient (Wildman–Crippen LogP) is 6.02. The molecule has 0 fully saturated rings. The molecular formula is C31H20N4Pt. The number of fused-ring (bicyclic) bond motifs is 3. The molecule has 6 aromatic rings. The first-order valence-electron chi connectivity index (χ1n) is 11.6. The minimum Gasteiger partial charge on any atom is -0.265 e. The van der Waals surface area contributed by atoms with E-state index in [0.717, 1.165) is 22.8 Å². The minimum absolute atomic E-state index is 0. The Hall–Kier alpha value is -4.01. The largest absolute Gasteiger partial charge is 2.00 e. The van der Waals surface area contributed by atoms with E-state index in [1.807, 2.05) is 70.3 Å². The van der Waals surface area contributed by atoms with Crippen LogP contribution in [0.15, 0.2) is 122 Å². The summed E-state index contributed by atoms with van der Waals surface area (Å²) >= 11 is 0. The summed E-state index contributed by atoms with van der Waals surface area (Å²) in [7, 11) is 0. The monoisotopic (exact) mass is 643 g/mol.